The van der Waals surface area contributed by atoms with Crippen molar-refractivity contribution in [2.45, 2.75) is 6.61 Å². The van der Waals surface area contributed by atoms with Gasteiger partial charge in [0.25, 0.3) is 0 Å². The van der Waals surface area contributed by atoms with E-state index in [1.54, 1.807) is 0 Å². The molecule has 2 rings (SSSR count). The van der Waals surface area contributed by atoms with Crippen molar-refractivity contribution in [3.63, 3.8) is 0 Å². The third-order valence-electron chi connectivity index (χ3n) is 1.42. The van der Waals surface area contributed by atoms with Gasteiger partial charge in [-0.25, -0.2) is 0 Å². The number of fused-ring (bicyclic) bond motifs is 1. The summed E-state index contributed by atoms with van der Waals surface area (Å²) >= 11 is -0.587. The van der Waals surface area contributed by atoms with Gasteiger partial charge in [0.2, 0.25) is 0 Å². The number of aliphatic hydroxyl groups is 1. The van der Waals surface area contributed by atoms with Crippen molar-refractivity contribution in [2.24, 2.45) is 0 Å². The minimum atomic E-state index is -0.587. The summed E-state index contributed by atoms with van der Waals surface area (Å²) in [5.41, 5.74) is 0.859. The average molecular weight is 265 g/mol. The third-order valence-corrected chi connectivity index (χ3v) is 2.73. The molecule has 0 aliphatic carbocycles. The molecule has 1 aliphatic heterocycles. The van der Waals surface area contributed by atoms with E-state index in [1.807, 2.05) is 18.2 Å². The van der Waals surface area contributed by atoms with Gasteiger partial charge < -0.3 is 0 Å². The van der Waals surface area contributed by atoms with Crippen molar-refractivity contribution in [1.82, 2.24) is 0 Å². The Hall–Kier alpha value is -0.490. The zero-order chi connectivity index (χ0) is 7.68. The molecule has 0 aromatic heterocycles. The van der Waals surface area contributed by atoms with Gasteiger partial charge >= 0.3 is 75.1 Å². The van der Waals surface area contributed by atoms with Crippen molar-refractivity contribution in [3.8, 4) is 11.5 Å². The fourth-order valence-electron chi connectivity index (χ4n) is 0.858. The van der Waals surface area contributed by atoms with E-state index in [0.29, 0.717) is 0 Å². The summed E-state index contributed by atoms with van der Waals surface area (Å²) in [6, 6.07) is 5.47. The molecule has 4 heteroatoms. The zero-order valence-electron chi connectivity index (χ0n) is 5.58. The molecule has 1 N–H and O–H groups in total. The maximum atomic E-state index is 8.78. The number of halogens is 1. The molecular formula is C7H6IO3-. The van der Waals surface area contributed by atoms with Gasteiger partial charge in [-0.05, 0) is 0 Å². The molecule has 0 saturated heterocycles. The summed E-state index contributed by atoms with van der Waals surface area (Å²) in [5, 5.41) is 8.78. The van der Waals surface area contributed by atoms with Gasteiger partial charge in [0.05, 0.1) is 0 Å². The predicted octanol–water partition coefficient (Wildman–Crippen LogP) is -2.13. The van der Waals surface area contributed by atoms with Crippen molar-refractivity contribution in [1.29, 1.82) is 0 Å². The molecular weight excluding hydrogens is 259 g/mol. The van der Waals surface area contributed by atoms with Crippen LogP contribution >= 0.6 is 0 Å². The number of aliphatic hydroxyl groups excluding tert-OH is 1. The van der Waals surface area contributed by atoms with Crippen molar-refractivity contribution < 1.29 is 33.3 Å². The van der Waals surface area contributed by atoms with Crippen LogP contribution < -0.4 is 28.2 Å². The van der Waals surface area contributed by atoms with Gasteiger partial charge in [-0.2, -0.15) is 0 Å². The second-order valence-corrected chi connectivity index (χ2v) is 3.40. The summed E-state index contributed by atoms with van der Waals surface area (Å²) < 4.78 is 10.4. The maximum absolute atomic E-state index is 8.78. The van der Waals surface area contributed by atoms with Crippen molar-refractivity contribution >= 4 is 0 Å². The Balaban J connectivity index is 2.41. The molecule has 0 fully saturated rings. The zero-order valence-corrected chi connectivity index (χ0v) is 7.74. The monoisotopic (exact) mass is 265 g/mol. The standard InChI is InChI=1S/C7H6IO3/c9-4-5-1-2-6-7(3-5)11-8-10-6/h1-3,9H,4H2/q-1. The Kier molecular flexibility index (Phi) is 1.87. The van der Waals surface area contributed by atoms with Crippen LogP contribution in [0, 0.1) is 0 Å². The van der Waals surface area contributed by atoms with E-state index in [1.165, 1.54) is 0 Å². The summed E-state index contributed by atoms with van der Waals surface area (Å²) in [5.74, 6) is 1.57. The van der Waals surface area contributed by atoms with E-state index in [2.05, 4.69) is 0 Å². The van der Waals surface area contributed by atoms with Crippen LogP contribution in [0.5, 0.6) is 11.5 Å². The molecule has 0 unspecified atom stereocenters. The molecule has 0 saturated carbocycles. The van der Waals surface area contributed by atoms with Crippen molar-refractivity contribution in [3.05, 3.63) is 23.8 Å². The number of hydrogen-bond acceptors (Lipinski definition) is 3. The van der Waals surface area contributed by atoms with Crippen LogP contribution in [0.1, 0.15) is 5.56 Å². The Morgan fingerprint density at radius 3 is 2.91 bits per heavy atom. The molecule has 3 nitrogen and oxygen atoms in total. The fourth-order valence-corrected chi connectivity index (χ4v) is 2.04. The normalized spacial score (nSPS) is 14.3. The SMILES string of the molecule is OCc1ccc2c(c1)O[I-]O2. The van der Waals surface area contributed by atoms with E-state index >= 15 is 0 Å². The molecule has 1 aromatic rings. The summed E-state index contributed by atoms with van der Waals surface area (Å²) in [7, 11) is 0. The average Bonchev–Trinajstić information content (AvgIpc) is 2.50. The first-order valence-corrected chi connectivity index (χ1v) is 4.89. The van der Waals surface area contributed by atoms with Gasteiger partial charge in [-0.15, -0.1) is 0 Å². The van der Waals surface area contributed by atoms with Crippen LogP contribution in [0.25, 0.3) is 0 Å². The van der Waals surface area contributed by atoms with Gasteiger partial charge in [-0.3, -0.25) is 0 Å². The van der Waals surface area contributed by atoms with E-state index in [-0.39, 0.29) is 6.61 Å². The second kappa shape index (κ2) is 2.86. The number of benzene rings is 1. The Labute approximate surface area is 75.3 Å². The van der Waals surface area contributed by atoms with Gasteiger partial charge in [0.15, 0.2) is 0 Å². The first-order valence-electron chi connectivity index (χ1n) is 3.12. The van der Waals surface area contributed by atoms with Gasteiger partial charge in [0, 0.05) is 0 Å². The molecule has 11 heavy (non-hydrogen) atoms. The first kappa shape index (κ1) is 7.17. The molecule has 0 bridgehead atoms. The van der Waals surface area contributed by atoms with E-state index < -0.39 is 22.0 Å². The molecule has 1 heterocycles. The topological polar surface area (TPSA) is 38.7 Å². The number of hydrogen-bond donors (Lipinski definition) is 1. The summed E-state index contributed by atoms with van der Waals surface area (Å²) in [4.78, 5) is 0. The minimum absolute atomic E-state index is 0.0506. The third kappa shape index (κ3) is 1.28. The van der Waals surface area contributed by atoms with Gasteiger partial charge in [0.1, 0.15) is 0 Å². The van der Waals surface area contributed by atoms with Crippen LogP contribution in [0.4, 0.5) is 0 Å². The molecule has 1 aliphatic rings. The van der Waals surface area contributed by atoms with Crippen LogP contribution in [-0.2, 0) is 6.61 Å². The van der Waals surface area contributed by atoms with Crippen LogP contribution in [0.3, 0.4) is 0 Å². The molecule has 0 amide bonds. The van der Waals surface area contributed by atoms with E-state index in [4.69, 9.17) is 11.2 Å². The first-order chi connectivity index (χ1) is 5.40. The molecule has 0 radical (unpaired) electrons. The number of rotatable bonds is 1. The van der Waals surface area contributed by atoms with Crippen LogP contribution in [0.15, 0.2) is 18.2 Å². The van der Waals surface area contributed by atoms with Gasteiger partial charge in [-0.1, -0.05) is 0 Å². The van der Waals surface area contributed by atoms with Crippen LogP contribution in [-0.4, -0.2) is 5.11 Å². The molecule has 0 spiro atoms. The van der Waals surface area contributed by atoms with Crippen LogP contribution in [0.2, 0.25) is 0 Å². The quantitative estimate of drug-likeness (QED) is 0.589. The fraction of sp³-hybridized carbons (Fsp3) is 0.143. The molecule has 1 aromatic carbocycles. The Bertz CT molecular complexity index is 274. The second-order valence-electron chi connectivity index (χ2n) is 2.16. The summed E-state index contributed by atoms with van der Waals surface area (Å²) in [6.07, 6.45) is 0. The Morgan fingerprint density at radius 2 is 2.09 bits per heavy atom. The predicted molar refractivity (Wildman–Crippen MR) is 33.6 cm³/mol. The van der Waals surface area contributed by atoms with E-state index in [0.717, 1.165) is 17.1 Å². The van der Waals surface area contributed by atoms with E-state index in [9.17, 15) is 0 Å². The van der Waals surface area contributed by atoms with Crippen molar-refractivity contribution in [2.75, 3.05) is 0 Å². The Morgan fingerprint density at radius 1 is 1.27 bits per heavy atom. The molecule has 60 valence electrons. The molecule has 0 atom stereocenters. The summed E-state index contributed by atoms with van der Waals surface area (Å²) in [6.45, 7) is 0.0506.